The van der Waals surface area contributed by atoms with Gasteiger partial charge in [-0.2, -0.15) is 0 Å². The highest BCUT2D eigenvalue weighted by Gasteiger charge is 1.97. The molecule has 0 amide bonds. The Hall–Kier alpha value is -0.990. The Morgan fingerprint density at radius 3 is 2.27 bits per heavy atom. The van der Waals surface area contributed by atoms with Crippen LogP contribution in [-0.2, 0) is 0 Å². The van der Waals surface area contributed by atoms with E-state index < -0.39 is 0 Å². The van der Waals surface area contributed by atoms with E-state index in [1.165, 1.54) is 0 Å². The van der Waals surface area contributed by atoms with Crippen molar-refractivity contribution in [2.45, 2.75) is 6.92 Å². The Morgan fingerprint density at radius 1 is 1.20 bits per heavy atom. The number of rotatable bonds is 6. The Morgan fingerprint density at radius 2 is 1.87 bits per heavy atom. The molecular weight excluding hydrogens is 202 g/mol. The van der Waals surface area contributed by atoms with Crippen LogP contribution in [0.3, 0.4) is 0 Å². The summed E-state index contributed by atoms with van der Waals surface area (Å²) in [6.07, 6.45) is 9.64. The lowest BCUT2D eigenvalue weighted by atomic mass is 10.1. The fourth-order valence-corrected chi connectivity index (χ4v) is 1.49. The van der Waals surface area contributed by atoms with Crippen molar-refractivity contribution in [1.82, 2.24) is 4.31 Å². The molecule has 0 aromatic carbocycles. The predicted molar refractivity (Wildman–Crippen MR) is 72.7 cm³/mol. The summed E-state index contributed by atoms with van der Waals surface area (Å²) in [6.45, 7) is 9.49. The summed E-state index contributed by atoms with van der Waals surface area (Å²) in [5.41, 5.74) is 2.23. The molecule has 15 heavy (non-hydrogen) atoms. The van der Waals surface area contributed by atoms with Crippen molar-refractivity contribution in [2.24, 2.45) is 0 Å². The number of hydrogen-bond donors (Lipinski definition) is 0. The molecule has 0 rings (SSSR count). The van der Waals surface area contributed by atoms with E-state index in [0.717, 1.165) is 11.1 Å². The van der Waals surface area contributed by atoms with Gasteiger partial charge in [0.05, 0.1) is 0 Å². The lowest BCUT2D eigenvalue weighted by Crippen LogP contribution is -1.97. The maximum atomic E-state index is 3.80. The molecule has 0 saturated heterocycles. The average Bonchev–Trinajstić information content (AvgIpc) is 2.21. The molecule has 0 unspecified atom stereocenters. The maximum Gasteiger partial charge on any atom is -0.00254 e. The fourth-order valence-electron chi connectivity index (χ4n) is 0.954. The normalized spacial score (nSPS) is 13.6. The van der Waals surface area contributed by atoms with Gasteiger partial charge >= 0.3 is 0 Å². The Balaban J connectivity index is 4.93. The molecule has 0 aromatic heterocycles. The standard InChI is InChI=1S/C13H19NS/c1-6-9-12(8-3)13(10-7-2)11-15-14(4)5/h6-11H,1,3H2,2,4-5H3/b10-7-,12-9+,13-11-. The molecule has 1 nitrogen and oxygen atoms in total. The molecule has 0 aliphatic rings. The molecule has 2 heteroatoms. The molecule has 0 fully saturated rings. The van der Waals surface area contributed by atoms with Crippen LogP contribution in [0, 0.1) is 0 Å². The largest absolute Gasteiger partial charge is 0.253 e. The maximum absolute atomic E-state index is 3.80. The van der Waals surface area contributed by atoms with Gasteiger partial charge in [-0.1, -0.05) is 55.5 Å². The zero-order valence-corrected chi connectivity index (χ0v) is 10.6. The van der Waals surface area contributed by atoms with Gasteiger partial charge < -0.3 is 0 Å². The third-order valence-electron chi connectivity index (χ3n) is 1.59. The highest BCUT2D eigenvalue weighted by Crippen LogP contribution is 2.18. The first-order chi connectivity index (χ1) is 7.15. The van der Waals surface area contributed by atoms with Crippen LogP contribution < -0.4 is 0 Å². The highest BCUT2D eigenvalue weighted by molar-refractivity contribution is 7.99. The second-order valence-corrected chi connectivity index (χ2v) is 4.23. The van der Waals surface area contributed by atoms with E-state index in [4.69, 9.17) is 0 Å². The van der Waals surface area contributed by atoms with Gasteiger partial charge in [0.2, 0.25) is 0 Å². The monoisotopic (exact) mass is 221 g/mol. The summed E-state index contributed by atoms with van der Waals surface area (Å²) < 4.78 is 2.04. The van der Waals surface area contributed by atoms with Gasteiger partial charge in [0.1, 0.15) is 0 Å². The third kappa shape index (κ3) is 6.15. The molecule has 0 saturated carbocycles. The van der Waals surface area contributed by atoms with Crippen molar-refractivity contribution >= 4 is 11.9 Å². The van der Waals surface area contributed by atoms with Crippen molar-refractivity contribution in [3.63, 3.8) is 0 Å². The zero-order valence-electron chi connectivity index (χ0n) is 9.73. The minimum Gasteiger partial charge on any atom is -0.253 e. The van der Waals surface area contributed by atoms with Gasteiger partial charge in [-0.25, -0.2) is 0 Å². The van der Waals surface area contributed by atoms with E-state index in [-0.39, 0.29) is 0 Å². The van der Waals surface area contributed by atoms with Crippen LogP contribution in [0.1, 0.15) is 6.92 Å². The molecule has 0 N–H and O–H groups in total. The van der Waals surface area contributed by atoms with Crippen LogP contribution in [0.4, 0.5) is 0 Å². The summed E-state index contributed by atoms with van der Waals surface area (Å²) in [7, 11) is 4.03. The van der Waals surface area contributed by atoms with Gasteiger partial charge in [-0.15, -0.1) is 0 Å². The average molecular weight is 221 g/mol. The molecule has 0 aromatic rings. The van der Waals surface area contributed by atoms with E-state index >= 15 is 0 Å². The number of hydrogen-bond acceptors (Lipinski definition) is 2. The quantitative estimate of drug-likeness (QED) is 0.493. The van der Waals surface area contributed by atoms with E-state index in [1.54, 1.807) is 18.0 Å². The second kappa shape index (κ2) is 8.33. The molecule has 0 atom stereocenters. The van der Waals surface area contributed by atoms with Gasteiger partial charge in [-0.3, -0.25) is 4.31 Å². The van der Waals surface area contributed by atoms with Crippen molar-refractivity contribution in [3.8, 4) is 0 Å². The Bertz CT molecular complexity index is 296. The highest BCUT2D eigenvalue weighted by atomic mass is 32.2. The molecule has 82 valence electrons. The van der Waals surface area contributed by atoms with Crippen LogP contribution in [0.25, 0.3) is 0 Å². The minimum atomic E-state index is 1.08. The summed E-state index contributed by atoms with van der Waals surface area (Å²) in [6, 6.07) is 0. The van der Waals surface area contributed by atoms with Crippen LogP contribution in [-0.4, -0.2) is 18.4 Å². The van der Waals surface area contributed by atoms with Crippen LogP contribution in [0.2, 0.25) is 0 Å². The van der Waals surface area contributed by atoms with Crippen molar-refractivity contribution < 1.29 is 0 Å². The fraction of sp³-hybridized carbons (Fsp3) is 0.231. The number of nitrogens with zero attached hydrogens (tertiary/aromatic N) is 1. The summed E-state index contributed by atoms with van der Waals surface area (Å²) in [5, 5.41) is 2.09. The SMILES string of the molecule is C=C/C=C(C=C)/C(/C=C\C)=C\SN(C)C. The van der Waals surface area contributed by atoms with E-state index in [0.29, 0.717) is 0 Å². The number of allylic oxidation sites excluding steroid dienone is 7. The summed E-state index contributed by atoms with van der Waals surface area (Å²) in [5.74, 6) is 0. The van der Waals surface area contributed by atoms with Gasteiger partial charge in [-0.05, 0) is 37.6 Å². The lowest BCUT2D eigenvalue weighted by molar-refractivity contribution is 0.708. The first-order valence-corrected chi connectivity index (χ1v) is 5.61. The van der Waals surface area contributed by atoms with Crippen molar-refractivity contribution in [3.05, 3.63) is 60.1 Å². The molecule has 0 aliphatic carbocycles. The summed E-state index contributed by atoms with van der Waals surface area (Å²) in [4.78, 5) is 0. The van der Waals surface area contributed by atoms with Gasteiger partial charge in [0, 0.05) is 0 Å². The molecular formula is C13H19NS. The van der Waals surface area contributed by atoms with Crippen molar-refractivity contribution in [1.29, 1.82) is 0 Å². The van der Waals surface area contributed by atoms with E-state index in [2.05, 4.69) is 24.6 Å². The third-order valence-corrected chi connectivity index (χ3v) is 2.37. The summed E-state index contributed by atoms with van der Waals surface area (Å²) >= 11 is 1.65. The smallest absolute Gasteiger partial charge is 0.00254 e. The molecule has 0 bridgehead atoms. The van der Waals surface area contributed by atoms with Crippen LogP contribution in [0.5, 0.6) is 0 Å². The van der Waals surface area contributed by atoms with Gasteiger partial charge in [0.25, 0.3) is 0 Å². The minimum absolute atomic E-state index is 1.08. The van der Waals surface area contributed by atoms with Crippen LogP contribution in [0.15, 0.2) is 60.1 Å². The lowest BCUT2D eigenvalue weighted by Gasteiger charge is -2.07. The zero-order chi connectivity index (χ0) is 11.7. The topological polar surface area (TPSA) is 3.24 Å². The molecule has 0 spiro atoms. The second-order valence-electron chi connectivity index (χ2n) is 3.05. The van der Waals surface area contributed by atoms with Gasteiger partial charge in [0.15, 0.2) is 0 Å². The first kappa shape index (κ1) is 14.0. The molecule has 0 radical (unpaired) electrons. The Labute approximate surface area is 97.7 Å². The predicted octanol–water partition coefficient (Wildman–Crippen LogP) is 3.95. The molecule has 0 aliphatic heterocycles. The van der Waals surface area contributed by atoms with E-state index in [1.807, 2.05) is 43.6 Å². The first-order valence-electron chi connectivity index (χ1n) is 4.78. The Kier molecular flexibility index (Phi) is 7.78. The van der Waals surface area contributed by atoms with E-state index in [9.17, 15) is 0 Å². The van der Waals surface area contributed by atoms with Crippen molar-refractivity contribution in [2.75, 3.05) is 14.1 Å². The molecule has 0 heterocycles. The van der Waals surface area contributed by atoms with Crippen LogP contribution >= 0.6 is 11.9 Å².